The Kier molecular flexibility index (Phi) is 32.3. The van der Waals surface area contributed by atoms with Crippen molar-refractivity contribution in [2.75, 3.05) is 26.4 Å². The summed E-state index contributed by atoms with van der Waals surface area (Å²) in [4.78, 5) is 35.7. The SMILES string of the molecule is CC(C)CCC[C@H](C)CCC[C@H](C)CCCC(C)CC(=O)OCC(COP(=O)(O)OCCN)OC(=O)CC(C)CCC[C@@H](C)CCC[C@@H](C)CCCC(C)C. The average Bonchev–Trinajstić information content (AvgIpc) is 3.08. The van der Waals surface area contributed by atoms with Crippen LogP contribution in [0.3, 0.4) is 0 Å². The molecule has 0 rings (SSSR count). The minimum atomic E-state index is -4.40. The maximum absolute atomic E-state index is 12.9. The van der Waals surface area contributed by atoms with Crippen LogP contribution in [0.25, 0.3) is 0 Å². The third-order valence-electron chi connectivity index (χ3n) is 11.1. The fourth-order valence-electron chi connectivity index (χ4n) is 7.34. The van der Waals surface area contributed by atoms with E-state index < -0.39 is 26.5 Å². The Morgan fingerprint density at radius 3 is 1.22 bits per heavy atom. The molecule has 10 heteroatoms. The minimum absolute atomic E-state index is 0.0490. The Bertz CT molecular complexity index is 994. The van der Waals surface area contributed by atoms with Crippen molar-refractivity contribution < 1.29 is 37.6 Å². The summed E-state index contributed by atoms with van der Waals surface area (Å²) in [6.45, 7) is 21.9. The summed E-state index contributed by atoms with van der Waals surface area (Å²) >= 11 is 0. The summed E-state index contributed by atoms with van der Waals surface area (Å²) in [5.41, 5.74) is 5.38. The first kappa shape index (κ1) is 54.0. The van der Waals surface area contributed by atoms with E-state index in [0.29, 0.717) is 11.8 Å². The first-order valence-corrected chi connectivity index (χ1v) is 24.1. The molecule has 0 radical (unpaired) electrons. The third kappa shape index (κ3) is 34.7. The second kappa shape index (κ2) is 32.9. The average molecular weight is 804 g/mol. The van der Waals surface area contributed by atoms with Crippen LogP contribution >= 0.6 is 7.82 Å². The van der Waals surface area contributed by atoms with Gasteiger partial charge in [0.25, 0.3) is 0 Å². The first-order chi connectivity index (χ1) is 25.9. The Hall–Kier alpha value is -0.990. The van der Waals surface area contributed by atoms with Gasteiger partial charge in [0.1, 0.15) is 6.61 Å². The maximum Gasteiger partial charge on any atom is 0.472 e. The standard InChI is InChI=1S/C45H90NO8P/c1-35(2)17-11-19-37(5)21-13-23-39(7)25-15-27-41(9)31-44(47)51-33-43(34-53-55(49,50)52-30-29-46)54-45(48)32-42(10)28-16-26-40(8)24-14-22-38(6)20-12-18-36(3)4/h35-43H,11-34,46H2,1-10H3,(H,49,50)/t37-,38-,39-,40-,41?,42?,43?/m0/s1. The molecular weight excluding hydrogens is 713 g/mol. The van der Waals surface area contributed by atoms with Gasteiger partial charge in [0.05, 0.1) is 13.2 Å². The highest BCUT2D eigenvalue weighted by atomic mass is 31.2. The van der Waals surface area contributed by atoms with Gasteiger partial charge in [0.2, 0.25) is 0 Å². The van der Waals surface area contributed by atoms with Crippen molar-refractivity contribution in [1.82, 2.24) is 0 Å². The molecule has 0 bridgehead atoms. The number of rotatable bonds is 37. The Morgan fingerprint density at radius 1 is 0.509 bits per heavy atom. The third-order valence-corrected chi connectivity index (χ3v) is 12.1. The van der Waals surface area contributed by atoms with E-state index in [2.05, 4.69) is 62.3 Å². The second-order valence-electron chi connectivity index (χ2n) is 18.6. The van der Waals surface area contributed by atoms with Crippen molar-refractivity contribution in [2.24, 2.45) is 53.1 Å². The molecule has 0 aliphatic carbocycles. The van der Waals surface area contributed by atoms with Gasteiger partial charge >= 0.3 is 19.8 Å². The number of carbonyl (C=O) groups excluding carboxylic acids is 2. The van der Waals surface area contributed by atoms with Gasteiger partial charge in [0.15, 0.2) is 6.10 Å². The van der Waals surface area contributed by atoms with Crippen molar-refractivity contribution in [3.05, 3.63) is 0 Å². The zero-order valence-electron chi connectivity index (χ0n) is 37.5. The van der Waals surface area contributed by atoms with E-state index in [1.165, 1.54) is 77.0 Å². The van der Waals surface area contributed by atoms with E-state index in [4.69, 9.17) is 24.3 Å². The fraction of sp³-hybridized carbons (Fsp3) is 0.956. The molecule has 0 aromatic rings. The van der Waals surface area contributed by atoms with E-state index in [0.717, 1.165) is 62.2 Å². The lowest BCUT2D eigenvalue weighted by Gasteiger charge is -2.21. The molecule has 9 nitrogen and oxygen atoms in total. The van der Waals surface area contributed by atoms with Gasteiger partial charge in [-0.15, -0.1) is 0 Å². The molecule has 8 atom stereocenters. The highest BCUT2D eigenvalue weighted by molar-refractivity contribution is 7.47. The van der Waals surface area contributed by atoms with Gasteiger partial charge in [-0.25, -0.2) is 4.57 Å². The number of nitrogens with two attached hydrogens (primary N) is 1. The van der Waals surface area contributed by atoms with Crippen LogP contribution in [-0.4, -0.2) is 49.3 Å². The molecular formula is C45H90NO8P. The van der Waals surface area contributed by atoms with Crippen molar-refractivity contribution in [1.29, 1.82) is 0 Å². The van der Waals surface area contributed by atoms with Gasteiger partial charge in [-0.1, -0.05) is 185 Å². The van der Waals surface area contributed by atoms with Crippen LogP contribution in [0.15, 0.2) is 0 Å². The van der Waals surface area contributed by atoms with Crippen LogP contribution in [0, 0.1) is 47.3 Å². The minimum Gasteiger partial charge on any atom is -0.462 e. The fourth-order valence-corrected chi connectivity index (χ4v) is 8.10. The number of ether oxygens (including phenoxy) is 2. The highest BCUT2D eigenvalue weighted by Gasteiger charge is 2.27. The number of hydrogen-bond acceptors (Lipinski definition) is 8. The lowest BCUT2D eigenvalue weighted by Crippen LogP contribution is -2.30. The first-order valence-electron chi connectivity index (χ1n) is 22.6. The smallest absolute Gasteiger partial charge is 0.462 e. The summed E-state index contributed by atoms with van der Waals surface area (Å²) in [6, 6.07) is 0. The number of phosphoric ester groups is 1. The van der Waals surface area contributed by atoms with Gasteiger partial charge in [-0.2, -0.15) is 0 Å². The molecule has 0 fully saturated rings. The molecule has 4 unspecified atom stereocenters. The van der Waals surface area contributed by atoms with E-state index in [1.807, 2.05) is 6.92 Å². The summed E-state index contributed by atoms with van der Waals surface area (Å²) in [5.74, 6) is 3.95. The van der Waals surface area contributed by atoms with Crippen LogP contribution < -0.4 is 5.73 Å². The highest BCUT2D eigenvalue weighted by Crippen LogP contribution is 2.43. The van der Waals surface area contributed by atoms with Crippen LogP contribution in [0.4, 0.5) is 0 Å². The zero-order valence-corrected chi connectivity index (χ0v) is 38.4. The lowest BCUT2D eigenvalue weighted by molar-refractivity contribution is -0.162. The predicted molar refractivity (Wildman–Crippen MR) is 229 cm³/mol. The zero-order chi connectivity index (χ0) is 41.6. The maximum atomic E-state index is 12.9. The van der Waals surface area contributed by atoms with Crippen molar-refractivity contribution >= 4 is 19.8 Å². The predicted octanol–water partition coefficient (Wildman–Crippen LogP) is 12.5. The summed E-state index contributed by atoms with van der Waals surface area (Å²) in [6.07, 6.45) is 21.3. The van der Waals surface area contributed by atoms with Gasteiger partial charge in [-0.05, 0) is 47.3 Å². The summed E-state index contributed by atoms with van der Waals surface area (Å²) in [7, 11) is -4.40. The lowest BCUT2D eigenvalue weighted by atomic mass is 9.91. The molecule has 3 N–H and O–H groups in total. The molecule has 0 aromatic heterocycles. The molecule has 0 heterocycles. The number of carbonyl (C=O) groups is 2. The van der Waals surface area contributed by atoms with Gasteiger partial charge < -0.3 is 20.1 Å². The molecule has 328 valence electrons. The molecule has 0 aliphatic rings. The molecule has 0 amide bonds. The number of esters is 2. The monoisotopic (exact) mass is 804 g/mol. The molecule has 0 aromatic carbocycles. The van der Waals surface area contributed by atoms with Crippen LogP contribution in [0.5, 0.6) is 0 Å². The molecule has 0 saturated carbocycles. The molecule has 0 spiro atoms. The largest absolute Gasteiger partial charge is 0.472 e. The van der Waals surface area contributed by atoms with Crippen LogP contribution in [0.2, 0.25) is 0 Å². The molecule has 0 aliphatic heterocycles. The number of phosphoric acid groups is 1. The van der Waals surface area contributed by atoms with Crippen LogP contribution in [-0.2, 0) is 32.7 Å². The Labute approximate surface area is 339 Å². The van der Waals surface area contributed by atoms with Gasteiger partial charge in [-0.3, -0.25) is 18.6 Å². The van der Waals surface area contributed by atoms with Crippen LogP contribution in [0.1, 0.15) is 198 Å². The van der Waals surface area contributed by atoms with E-state index >= 15 is 0 Å². The van der Waals surface area contributed by atoms with E-state index in [1.54, 1.807) is 0 Å². The normalized spacial score (nSPS) is 17.0. The topological polar surface area (TPSA) is 134 Å². The van der Waals surface area contributed by atoms with E-state index in [-0.39, 0.29) is 50.4 Å². The summed E-state index contributed by atoms with van der Waals surface area (Å²) in [5, 5.41) is 0. The Morgan fingerprint density at radius 2 is 0.855 bits per heavy atom. The van der Waals surface area contributed by atoms with Crippen molar-refractivity contribution in [2.45, 2.75) is 204 Å². The second-order valence-corrected chi connectivity index (χ2v) is 20.0. The number of hydrogen-bond donors (Lipinski definition) is 2. The Balaban J connectivity index is 4.65. The summed E-state index contributed by atoms with van der Waals surface area (Å²) < 4.78 is 33.3. The quantitative estimate of drug-likeness (QED) is 0.0465. The molecule has 55 heavy (non-hydrogen) atoms. The van der Waals surface area contributed by atoms with E-state index in [9.17, 15) is 19.0 Å². The molecule has 0 saturated heterocycles. The van der Waals surface area contributed by atoms with Gasteiger partial charge in [0, 0.05) is 19.4 Å². The van der Waals surface area contributed by atoms with Crippen molar-refractivity contribution in [3.63, 3.8) is 0 Å². The van der Waals surface area contributed by atoms with Crippen molar-refractivity contribution in [3.8, 4) is 0 Å².